The molecule has 140 valence electrons. The van der Waals surface area contributed by atoms with Crippen LogP contribution in [0.25, 0.3) is 0 Å². The average molecular weight is 382 g/mol. The number of benzene rings is 2. The van der Waals surface area contributed by atoms with Crippen LogP contribution >= 0.6 is 11.8 Å². The second kappa shape index (κ2) is 9.23. The van der Waals surface area contributed by atoms with Gasteiger partial charge in [0, 0.05) is 5.69 Å². The second-order valence-electron chi connectivity index (χ2n) is 6.01. The summed E-state index contributed by atoms with van der Waals surface area (Å²) in [5.74, 6) is 1.59. The van der Waals surface area contributed by atoms with Gasteiger partial charge in [0.2, 0.25) is 11.1 Å². The van der Waals surface area contributed by atoms with Gasteiger partial charge in [0.15, 0.2) is 5.82 Å². The summed E-state index contributed by atoms with van der Waals surface area (Å²) in [5.41, 5.74) is 3.10. The number of nitrogens with one attached hydrogen (secondary N) is 2. The maximum Gasteiger partial charge on any atom is 0.234 e. The van der Waals surface area contributed by atoms with Crippen molar-refractivity contribution < 1.29 is 9.53 Å². The fourth-order valence-electron chi connectivity index (χ4n) is 2.42. The SMILES string of the molecule is CCc1ccc(NC(=O)CSc2n[nH]c(COc3ccccc3C)n2)cc1. The lowest BCUT2D eigenvalue weighted by Crippen LogP contribution is -2.14. The van der Waals surface area contributed by atoms with Crippen molar-refractivity contribution in [1.82, 2.24) is 15.2 Å². The van der Waals surface area contributed by atoms with Gasteiger partial charge in [0.25, 0.3) is 0 Å². The highest BCUT2D eigenvalue weighted by Gasteiger charge is 2.09. The van der Waals surface area contributed by atoms with E-state index in [9.17, 15) is 4.79 Å². The van der Waals surface area contributed by atoms with Crippen molar-refractivity contribution in [2.45, 2.75) is 32.0 Å². The van der Waals surface area contributed by atoms with Crippen molar-refractivity contribution >= 4 is 23.4 Å². The maximum atomic E-state index is 12.1. The standard InChI is InChI=1S/C20H22N4O2S/c1-3-15-8-10-16(11-9-15)21-19(25)13-27-20-22-18(23-24-20)12-26-17-7-5-4-6-14(17)2/h4-11H,3,12-13H2,1-2H3,(H,21,25)(H,22,23,24). The Kier molecular flexibility index (Phi) is 6.49. The van der Waals surface area contributed by atoms with E-state index in [0.717, 1.165) is 23.4 Å². The fraction of sp³-hybridized carbons (Fsp3) is 0.250. The summed E-state index contributed by atoms with van der Waals surface area (Å²) in [7, 11) is 0. The number of ether oxygens (including phenoxy) is 1. The molecule has 0 spiro atoms. The minimum Gasteiger partial charge on any atom is -0.485 e. The van der Waals surface area contributed by atoms with Gasteiger partial charge in [-0.05, 0) is 42.7 Å². The summed E-state index contributed by atoms with van der Waals surface area (Å²) >= 11 is 1.28. The van der Waals surface area contributed by atoms with Crippen molar-refractivity contribution in [3.8, 4) is 5.75 Å². The Bertz CT molecular complexity index is 893. The maximum absolute atomic E-state index is 12.1. The molecular formula is C20H22N4O2S. The Balaban J connectivity index is 1.46. The van der Waals surface area contributed by atoms with Gasteiger partial charge in [-0.2, -0.15) is 0 Å². The number of hydrogen-bond acceptors (Lipinski definition) is 5. The highest BCUT2D eigenvalue weighted by molar-refractivity contribution is 7.99. The van der Waals surface area contributed by atoms with E-state index in [0.29, 0.717) is 17.6 Å². The topological polar surface area (TPSA) is 79.9 Å². The molecule has 0 bridgehead atoms. The van der Waals surface area contributed by atoms with Crippen molar-refractivity contribution in [3.05, 3.63) is 65.5 Å². The molecule has 0 aliphatic rings. The third kappa shape index (κ3) is 5.59. The number of H-pyrrole nitrogens is 1. The molecule has 0 fully saturated rings. The van der Waals surface area contributed by atoms with Crippen LogP contribution < -0.4 is 10.1 Å². The number of rotatable bonds is 8. The summed E-state index contributed by atoms with van der Waals surface area (Å²) in [6.45, 7) is 4.39. The predicted molar refractivity (Wildman–Crippen MR) is 107 cm³/mol. The Morgan fingerprint density at radius 2 is 1.96 bits per heavy atom. The third-order valence-electron chi connectivity index (χ3n) is 3.95. The molecule has 1 aromatic heterocycles. The molecule has 0 radical (unpaired) electrons. The van der Waals surface area contributed by atoms with Crippen LogP contribution in [0.3, 0.4) is 0 Å². The number of thioether (sulfide) groups is 1. The van der Waals surface area contributed by atoms with Gasteiger partial charge < -0.3 is 10.1 Å². The third-order valence-corrected chi connectivity index (χ3v) is 4.79. The smallest absolute Gasteiger partial charge is 0.234 e. The molecule has 0 unspecified atom stereocenters. The number of para-hydroxylation sites is 1. The van der Waals surface area contributed by atoms with Crippen molar-refractivity contribution in [2.24, 2.45) is 0 Å². The van der Waals surface area contributed by atoms with Crippen LogP contribution in [0.2, 0.25) is 0 Å². The van der Waals surface area contributed by atoms with E-state index < -0.39 is 0 Å². The van der Waals surface area contributed by atoms with E-state index in [2.05, 4.69) is 27.4 Å². The molecule has 2 aromatic carbocycles. The lowest BCUT2D eigenvalue weighted by atomic mass is 10.1. The molecule has 2 N–H and O–H groups in total. The molecule has 6 nitrogen and oxygen atoms in total. The second-order valence-corrected chi connectivity index (χ2v) is 6.95. The summed E-state index contributed by atoms with van der Waals surface area (Å²) in [4.78, 5) is 16.4. The lowest BCUT2D eigenvalue weighted by molar-refractivity contribution is -0.113. The van der Waals surface area contributed by atoms with Crippen molar-refractivity contribution in [3.63, 3.8) is 0 Å². The quantitative estimate of drug-likeness (QED) is 0.576. The number of aromatic amines is 1. The van der Waals surface area contributed by atoms with E-state index in [1.54, 1.807) is 0 Å². The number of carbonyl (C=O) groups is 1. The van der Waals surface area contributed by atoms with Crippen molar-refractivity contribution in [1.29, 1.82) is 0 Å². The predicted octanol–water partition coefficient (Wildman–Crippen LogP) is 3.99. The van der Waals surface area contributed by atoms with Gasteiger partial charge in [-0.25, -0.2) is 4.98 Å². The molecule has 1 heterocycles. The first kappa shape index (κ1) is 19.0. The van der Waals surface area contributed by atoms with Gasteiger partial charge in [0.05, 0.1) is 5.75 Å². The highest BCUT2D eigenvalue weighted by atomic mass is 32.2. The van der Waals surface area contributed by atoms with Crippen LogP contribution in [0.1, 0.15) is 23.9 Å². The van der Waals surface area contributed by atoms with Crippen LogP contribution in [0.5, 0.6) is 5.75 Å². The molecule has 1 amide bonds. The van der Waals surface area contributed by atoms with Crippen LogP contribution in [0, 0.1) is 6.92 Å². The molecule has 3 aromatic rings. The highest BCUT2D eigenvalue weighted by Crippen LogP contribution is 2.18. The number of aromatic nitrogens is 3. The van der Waals surface area contributed by atoms with Gasteiger partial charge in [0.1, 0.15) is 12.4 Å². The Morgan fingerprint density at radius 3 is 2.70 bits per heavy atom. The molecule has 0 atom stereocenters. The van der Waals surface area contributed by atoms with Crippen molar-refractivity contribution in [2.75, 3.05) is 11.1 Å². The van der Waals surface area contributed by atoms with E-state index in [1.807, 2.05) is 55.5 Å². The zero-order valence-electron chi connectivity index (χ0n) is 15.4. The molecule has 3 rings (SSSR count). The summed E-state index contributed by atoms with van der Waals surface area (Å²) in [5, 5.41) is 10.4. The Labute approximate surface area is 162 Å². The van der Waals surface area contributed by atoms with E-state index in [1.165, 1.54) is 17.3 Å². The molecular weight excluding hydrogens is 360 g/mol. The number of aryl methyl sites for hydroxylation is 2. The van der Waals surface area contributed by atoms with Gasteiger partial charge in [-0.1, -0.05) is 49.0 Å². The number of hydrogen-bond donors (Lipinski definition) is 2. The minimum absolute atomic E-state index is 0.0910. The lowest BCUT2D eigenvalue weighted by Gasteiger charge is -2.06. The molecule has 0 aliphatic heterocycles. The number of amides is 1. The van der Waals surface area contributed by atoms with Crippen LogP contribution in [-0.2, 0) is 17.8 Å². The number of anilines is 1. The van der Waals surface area contributed by atoms with Crippen LogP contribution in [0.4, 0.5) is 5.69 Å². The molecule has 0 aliphatic carbocycles. The first-order valence-corrected chi connectivity index (χ1v) is 9.74. The van der Waals surface area contributed by atoms with Gasteiger partial charge in [-0.15, -0.1) is 5.10 Å². The first-order valence-electron chi connectivity index (χ1n) is 8.75. The minimum atomic E-state index is -0.0910. The molecule has 0 saturated carbocycles. The zero-order chi connectivity index (χ0) is 19.1. The summed E-state index contributed by atoms with van der Waals surface area (Å²) < 4.78 is 5.74. The Hall–Kier alpha value is -2.80. The number of nitrogens with zero attached hydrogens (tertiary/aromatic N) is 2. The van der Waals surface area contributed by atoms with Gasteiger partial charge in [-0.3, -0.25) is 9.89 Å². The van der Waals surface area contributed by atoms with Crippen LogP contribution in [-0.4, -0.2) is 26.8 Å². The fourth-order valence-corrected chi connectivity index (χ4v) is 3.04. The first-order chi connectivity index (χ1) is 13.1. The molecule has 0 saturated heterocycles. The number of carbonyl (C=O) groups excluding carboxylic acids is 1. The molecule has 27 heavy (non-hydrogen) atoms. The van der Waals surface area contributed by atoms with Crippen LogP contribution in [0.15, 0.2) is 53.7 Å². The monoisotopic (exact) mass is 382 g/mol. The molecule has 7 heteroatoms. The average Bonchev–Trinajstić information content (AvgIpc) is 3.14. The summed E-state index contributed by atoms with van der Waals surface area (Å²) in [6.07, 6.45) is 0.977. The summed E-state index contributed by atoms with van der Waals surface area (Å²) in [6, 6.07) is 15.7. The van der Waals surface area contributed by atoms with E-state index >= 15 is 0 Å². The largest absolute Gasteiger partial charge is 0.485 e. The van der Waals surface area contributed by atoms with E-state index in [4.69, 9.17) is 4.74 Å². The van der Waals surface area contributed by atoms with E-state index in [-0.39, 0.29) is 11.7 Å². The Morgan fingerprint density at radius 1 is 1.19 bits per heavy atom. The van der Waals surface area contributed by atoms with Gasteiger partial charge >= 0.3 is 0 Å². The zero-order valence-corrected chi connectivity index (χ0v) is 16.2. The normalized spacial score (nSPS) is 10.6.